The number of amides is 1. The molecule has 2 aromatic carbocycles. The highest BCUT2D eigenvalue weighted by atomic mass is 32.2. The number of thioether (sulfide) groups is 1. The zero-order chi connectivity index (χ0) is 21.1. The van der Waals surface area contributed by atoms with E-state index in [0.29, 0.717) is 24.5 Å². The number of anilines is 1. The third kappa shape index (κ3) is 4.49. The molecule has 8 nitrogen and oxygen atoms in total. The Kier molecular flexibility index (Phi) is 5.78. The summed E-state index contributed by atoms with van der Waals surface area (Å²) in [6.07, 6.45) is 1.46. The van der Waals surface area contributed by atoms with Gasteiger partial charge in [0.05, 0.1) is 21.7 Å². The van der Waals surface area contributed by atoms with Crippen LogP contribution in [0.2, 0.25) is 0 Å². The molecule has 0 saturated carbocycles. The van der Waals surface area contributed by atoms with Crippen LogP contribution in [0, 0.1) is 0 Å². The first-order valence-electron chi connectivity index (χ1n) is 9.43. The average Bonchev–Trinajstić information content (AvgIpc) is 3.34. The molecule has 4 rings (SSSR count). The van der Waals surface area contributed by atoms with Gasteiger partial charge in [-0.05, 0) is 36.8 Å². The number of imidazole rings is 1. The highest BCUT2D eigenvalue weighted by Gasteiger charge is 2.19. The van der Waals surface area contributed by atoms with Gasteiger partial charge in [-0.3, -0.25) is 14.5 Å². The number of rotatable bonds is 6. The van der Waals surface area contributed by atoms with Crippen LogP contribution in [0.4, 0.5) is 5.69 Å². The van der Waals surface area contributed by atoms with E-state index in [1.807, 2.05) is 35.9 Å². The van der Waals surface area contributed by atoms with E-state index < -0.39 is 10.0 Å². The molecular formula is C20H21N5O3S2. The number of carbonyl (C=O) groups excluding carboxylic acids is 1. The summed E-state index contributed by atoms with van der Waals surface area (Å²) in [5, 5.41) is 3.49. The molecule has 30 heavy (non-hydrogen) atoms. The molecule has 0 fully saturated rings. The standard InChI is InChI=1S/C20H21N5O3S2/c1-25-17-9-3-2-8-16(17)23-20(25)29-13-19(26)22-14-6-4-7-15(12-14)30(27,28)24-18-10-5-11-21-18/h2-4,6-9,12H,5,10-11,13H2,1H3,(H,21,24)(H,22,26). The second-order valence-electron chi connectivity index (χ2n) is 6.84. The van der Waals surface area contributed by atoms with E-state index in [1.165, 1.54) is 23.9 Å². The lowest BCUT2D eigenvalue weighted by molar-refractivity contribution is -0.113. The Balaban J connectivity index is 1.40. The molecular weight excluding hydrogens is 422 g/mol. The van der Waals surface area contributed by atoms with Gasteiger partial charge < -0.3 is 9.88 Å². The highest BCUT2D eigenvalue weighted by Crippen LogP contribution is 2.23. The van der Waals surface area contributed by atoms with E-state index in [1.54, 1.807) is 12.1 Å². The number of aryl methyl sites for hydroxylation is 1. The number of hydrogen-bond donors (Lipinski definition) is 2. The number of carbonyl (C=O) groups is 1. The molecule has 0 radical (unpaired) electrons. The maximum Gasteiger partial charge on any atom is 0.262 e. The predicted molar refractivity (Wildman–Crippen MR) is 118 cm³/mol. The third-order valence-corrected chi connectivity index (χ3v) is 7.04. The third-order valence-electron chi connectivity index (χ3n) is 4.63. The SMILES string of the molecule is Cn1c(SCC(=O)Nc2cccc(S(=O)(=O)NC3=NCCC3)c2)nc2ccccc21. The minimum Gasteiger partial charge on any atom is -0.325 e. The van der Waals surface area contributed by atoms with E-state index in [9.17, 15) is 13.2 Å². The summed E-state index contributed by atoms with van der Waals surface area (Å²) in [7, 11) is -1.82. The molecule has 3 aromatic rings. The zero-order valence-corrected chi connectivity index (χ0v) is 18.0. The van der Waals surface area contributed by atoms with Crippen molar-refractivity contribution in [2.45, 2.75) is 22.9 Å². The molecule has 0 aliphatic carbocycles. The molecule has 1 aliphatic rings. The van der Waals surface area contributed by atoms with E-state index in [0.717, 1.165) is 22.6 Å². The first kappa shape index (κ1) is 20.4. The van der Waals surface area contributed by atoms with Crippen LogP contribution < -0.4 is 10.0 Å². The Morgan fingerprint density at radius 1 is 1.20 bits per heavy atom. The fourth-order valence-corrected chi connectivity index (χ4v) is 5.08. The Morgan fingerprint density at radius 2 is 2.03 bits per heavy atom. The lowest BCUT2D eigenvalue weighted by Gasteiger charge is -2.10. The number of amidine groups is 1. The van der Waals surface area contributed by atoms with E-state index in [-0.39, 0.29) is 16.6 Å². The minimum absolute atomic E-state index is 0.0814. The molecule has 2 heterocycles. The minimum atomic E-state index is -3.73. The predicted octanol–water partition coefficient (Wildman–Crippen LogP) is 2.77. The summed E-state index contributed by atoms with van der Waals surface area (Å²) in [5.41, 5.74) is 2.29. The molecule has 0 atom stereocenters. The van der Waals surface area contributed by atoms with Crippen molar-refractivity contribution in [2.24, 2.45) is 12.0 Å². The fraction of sp³-hybridized carbons (Fsp3) is 0.250. The Hall–Kier alpha value is -2.85. The van der Waals surface area contributed by atoms with Crippen molar-refractivity contribution in [1.82, 2.24) is 14.3 Å². The maximum absolute atomic E-state index is 12.5. The molecule has 0 saturated heterocycles. The Morgan fingerprint density at radius 3 is 2.80 bits per heavy atom. The van der Waals surface area contributed by atoms with Crippen molar-refractivity contribution in [1.29, 1.82) is 0 Å². The average molecular weight is 444 g/mol. The van der Waals surface area contributed by atoms with Crippen molar-refractivity contribution in [3.63, 3.8) is 0 Å². The molecule has 2 N–H and O–H groups in total. The van der Waals surface area contributed by atoms with Crippen LogP contribution >= 0.6 is 11.8 Å². The largest absolute Gasteiger partial charge is 0.325 e. The summed E-state index contributed by atoms with van der Waals surface area (Å²) >= 11 is 1.32. The number of sulfonamides is 1. The molecule has 1 aromatic heterocycles. The van der Waals surface area contributed by atoms with Crippen LogP contribution in [0.25, 0.3) is 11.0 Å². The van der Waals surface area contributed by atoms with E-state index in [2.05, 4.69) is 20.0 Å². The van der Waals surface area contributed by atoms with Crippen LogP contribution in [0.15, 0.2) is 63.6 Å². The lowest BCUT2D eigenvalue weighted by atomic mass is 10.3. The Labute approximate surface area is 178 Å². The number of nitrogens with one attached hydrogen (secondary N) is 2. The molecule has 0 unspecified atom stereocenters. The quantitative estimate of drug-likeness (QED) is 0.570. The monoisotopic (exact) mass is 443 g/mol. The van der Waals surface area contributed by atoms with Crippen molar-refractivity contribution < 1.29 is 13.2 Å². The molecule has 156 valence electrons. The highest BCUT2D eigenvalue weighted by molar-refractivity contribution is 7.99. The summed E-state index contributed by atoms with van der Waals surface area (Å²) in [4.78, 5) is 21.2. The van der Waals surface area contributed by atoms with Gasteiger partial charge in [0.15, 0.2) is 5.16 Å². The van der Waals surface area contributed by atoms with Crippen LogP contribution in [-0.2, 0) is 21.9 Å². The van der Waals surface area contributed by atoms with Crippen LogP contribution in [0.5, 0.6) is 0 Å². The van der Waals surface area contributed by atoms with E-state index >= 15 is 0 Å². The van der Waals surface area contributed by atoms with Crippen molar-refractivity contribution in [3.05, 3.63) is 48.5 Å². The van der Waals surface area contributed by atoms with Crippen molar-refractivity contribution in [2.75, 3.05) is 17.6 Å². The summed E-state index contributed by atoms with van der Waals surface area (Å²) in [6.45, 7) is 0.636. The smallest absolute Gasteiger partial charge is 0.262 e. The normalized spacial score (nSPS) is 14.0. The second kappa shape index (κ2) is 8.49. The van der Waals surface area contributed by atoms with Gasteiger partial charge in [-0.15, -0.1) is 0 Å². The zero-order valence-electron chi connectivity index (χ0n) is 16.3. The van der Waals surface area contributed by atoms with Gasteiger partial charge >= 0.3 is 0 Å². The second-order valence-corrected chi connectivity index (χ2v) is 9.47. The number of aromatic nitrogens is 2. The summed E-state index contributed by atoms with van der Waals surface area (Å²) in [6, 6.07) is 14.0. The summed E-state index contributed by atoms with van der Waals surface area (Å²) < 4.78 is 29.5. The van der Waals surface area contributed by atoms with Gasteiger partial charge in [0.2, 0.25) is 5.91 Å². The number of benzene rings is 2. The van der Waals surface area contributed by atoms with Gasteiger partial charge in [-0.2, -0.15) is 0 Å². The number of para-hydroxylation sites is 2. The molecule has 1 amide bonds. The Bertz CT molecular complexity index is 1230. The molecule has 1 aliphatic heterocycles. The summed E-state index contributed by atoms with van der Waals surface area (Å²) in [5.74, 6) is 0.390. The lowest BCUT2D eigenvalue weighted by Crippen LogP contribution is -2.29. The van der Waals surface area contributed by atoms with Crippen LogP contribution in [-0.4, -0.2) is 42.0 Å². The van der Waals surface area contributed by atoms with Crippen molar-refractivity contribution >= 4 is 50.2 Å². The maximum atomic E-state index is 12.5. The topological polar surface area (TPSA) is 105 Å². The van der Waals surface area contributed by atoms with Crippen molar-refractivity contribution in [3.8, 4) is 0 Å². The van der Waals surface area contributed by atoms with Crippen LogP contribution in [0.3, 0.4) is 0 Å². The fourth-order valence-electron chi connectivity index (χ4n) is 3.16. The van der Waals surface area contributed by atoms with Gasteiger partial charge in [-0.25, -0.2) is 13.4 Å². The number of aliphatic imine (C=N–C) groups is 1. The molecule has 0 spiro atoms. The number of fused-ring (bicyclic) bond motifs is 1. The first-order chi connectivity index (χ1) is 14.4. The molecule has 0 bridgehead atoms. The van der Waals surface area contributed by atoms with Gasteiger partial charge in [0.1, 0.15) is 5.84 Å². The van der Waals surface area contributed by atoms with E-state index in [4.69, 9.17) is 0 Å². The number of hydrogen-bond acceptors (Lipinski definition) is 6. The van der Waals surface area contributed by atoms with Gasteiger partial charge in [0, 0.05) is 25.7 Å². The number of nitrogens with zero attached hydrogens (tertiary/aromatic N) is 3. The van der Waals surface area contributed by atoms with Gasteiger partial charge in [0.25, 0.3) is 10.0 Å². The first-order valence-corrected chi connectivity index (χ1v) is 11.9. The molecule has 10 heteroatoms. The van der Waals surface area contributed by atoms with Crippen LogP contribution in [0.1, 0.15) is 12.8 Å². The van der Waals surface area contributed by atoms with Gasteiger partial charge in [-0.1, -0.05) is 30.0 Å².